The number of alkyl halides is 3. The normalized spacial score (nSPS) is 32.2. The number of halogens is 3. The molecule has 1 heterocycles. The van der Waals surface area contributed by atoms with Gasteiger partial charge in [-0.25, -0.2) is 0 Å². The van der Waals surface area contributed by atoms with Gasteiger partial charge in [-0.2, -0.15) is 13.2 Å². The van der Waals surface area contributed by atoms with E-state index in [1.54, 1.807) is 4.90 Å². The molecular weight excluding hydrogens is 275 g/mol. The van der Waals surface area contributed by atoms with E-state index in [0.717, 1.165) is 0 Å². The van der Waals surface area contributed by atoms with Crippen molar-refractivity contribution in [2.24, 2.45) is 11.8 Å². The number of hydrogen-bond donors (Lipinski definition) is 1. The zero-order valence-electron chi connectivity index (χ0n) is 11.2. The maximum absolute atomic E-state index is 12.6. The second kappa shape index (κ2) is 6.30. The Morgan fingerprint density at radius 1 is 1.25 bits per heavy atom. The van der Waals surface area contributed by atoms with Crippen molar-refractivity contribution in [3.8, 4) is 0 Å². The van der Waals surface area contributed by atoms with Gasteiger partial charge in [-0.05, 0) is 25.7 Å². The Balaban J connectivity index is 1.85. The van der Waals surface area contributed by atoms with Gasteiger partial charge in [-0.15, -0.1) is 0 Å². The minimum Gasteiger partial charge on any atom is -0.394 e. The Labute approximate surface area is 115 Å². The molecule has 1 aliphatic heterocycles. The van der Waals surface area contributed by atoms with Crippen LogP contribution in [-0.2, 0) is 9.53 Å². The summed E-state index contributed by atoms with van der Waals surface area (Å²) in [6.07, 6.45) is -3.86. The first kappa shape index (κ1) is 15.6. The molecule has 0 aromatic heterocycles. The highest BCUT2D eigenvalue weighted by Gasteiger charge is 2.43. The fraction of sp³-hybridized carbons (Fsp3) is 0.923. The Morgan fingerprint density at radius 2 is 1.90 bits per heavy atom. The van der Waals surface area contributed by atoms with Gasteiger partial charge in [0.15, 0.2) is 0 Å². The third kappa shape index (κ3) is 3.63. The molecule has 2 aliphatic rings. The molecule has 2 fully saturated rings. The van der Waals surface area contributed by atoms with Crippen molar-refractivity contribution in [3.05, 3.63) is 0 Å². The van der Waals surface area contributed by atoms with Gasteiger partial charge in [0.25, 0.3) is 0 Å². The van der Waals surface area contributed by atoms with Crippen LogP contribution < -0.4 is 0 Å². The summed E-state index contributed by atoms with van der Waals surface area (Å²) in [5, 5.41) is 9.04. The first-order valence-electron chi connectivity index (χ1n) is 6.99. The lowest BCUT2D eigenvalue weighted by atomic mass is 9.81. The standard InChI is InChI=1S/C13H20F3NO3/c14-13(15,16)10-3-1-9(2-4-10)12(19)17-5-6-20-11(7-17)8-18/h9-11,18H,1-8H2. The summed E-state index contributed by atoms with van der Waals surface area (Å²) in [5.74, 6) is -1.67. The van der Waals surface area contributed by atoms with Gasteiger partial charge in [0.05, 0.1) is 25.2 Å². The Kier molecular flexibility index (Phi) is 4.90. The Hall–Kier alpha value is -0.820. The number of morpholine rings is 1. The van der Waals surface area contributed by atoms with Crippen LogP contribution in [0.4, 0.5) is 13.2 Å². The van der Waals surface area contributed by atoms with E-state index in [2.05, 4.69) is 0 Å². The van der Waals surface area contributed by atoms with E-state index in [0.29, 0.717) is 32.5 Å². The summed E-state index contributed by atoms with van der Waals surface area (Å²) in [5.41, 5.74) is 0. The van der Waals surface area contributed by atoms with Gasteiger partial charge in [0.2, 0.25) is 5.91 Å². The molecular formula is C13H20F3NO3. The van der Waals surface area contributed by atoms with Crippen LogP contribution in [0.15, 0.2) is 0 Å². The summed E-state index contributed by atoms with van der Waals surface area (Å²) >= 11 is 0. The van der Waals surface area contributed by atoms with Gasteiger partial charge in [0.1, 0.15) is 0 Å². The molecule has 1 saturated heterocycles. The summed E-state index contributed by atoms with van der Waals surface area (Å²) in [4.78, 5) is 13.9. The zero-order chi connectivity index (χ0) is 14.8. The van der Waals surface area contributed by atoms with E-state index in [9.17, 15) is 18.0 Å². The highest BCUT2D eigenvalue weighted by Crippen LogP contribution is 2.40. The van der Waals surface area contributed by atoms with Crippen LogP contribution in [0, 0.1) is 11.8 Å². The molecule has 116 valence electrons. The van der Waals surface area contributed by atoms with Crippen molar-refractivity contribution >= 4 is 5.91 Å². The molecule has 7 heteroatoms. The Bertz CT molecular complexity index is 340. The SMILES string of the molecule is O=C(C1CCC(C(F)(F)F)CC1)N1CCOC(CO)C1. The molecule has 1 amide bonds. The van der Waals surface area contributed by atoms with Gasteiger partial charge in [-0.1, -0.05) is 0 Å². The van der Waals surface area contributed by atoms with E-state index in [-0.39, 0.29) is 37.4 Å². The van der Waals surface area contributed by atoms with Gasteiger partial charge in [0, 0.05) is 19.0 Å². The van der Waals surface area contributed by atoms with E-state index in [1.807, 2.05) is 0 Å². The average Bonchev–Trinajstić information content (AvgIpc) is 2.46. The molecule has 1 unspecified atom stereocenters. The number of amides is 1. The largest absolute Gasteiger partial charge is 0.394 e. The van der Waals surface area contributed by atoms with Gasteiger partial charge >= 0.3 is 6.18 Å². The minimum absolute atomic E-state index is 0.0354. The zero-order valence-corrected chi connectivity index (χ0v) is 11.2. The fourth-order valence-corrected chi connectivity index (χ4v) is 2.96. The topological polar surface area (TPSA) is 49.8 Å². The van der Waals surface area contributed by atoms with Crippen LogP contribution in [0.1, 0.15) is 25.7 Å². The summed E-state index contributed by atoms with van der Waals surface area (Å²) in [6, 6.07) is 0. The monoisotopic (exact) mass is 295 g/mol. The van der Waals surface area contributed by atoms with E-state index in [4.69, 9.17) is 9.84 Å². The maximum atomic E-state index is 12.6. The molecule has 2 rings (SSSR count). The smallest absolute Gasteiger partial charge is 0.391 e. The summed E-state index contributed by atoms with van der Waals surface area (Å²) in [6.45, 7) is 1.00. The third-order valence-corrected chi connectivity index (χ3v) is 4.19. The van der Waals surface area contributed by atoms with Crippen molar-refractivity contribution in [1.29, 1.82) is 0 Å². The van der Waals surface area contributed by atoms with Gasteiger partial charge < -0.3 is 14.7 Å². The maximum Gasteiger partial charge on any atom is 0.391 e. The molecule has 1 saturated carbocycles. The fourth-order valence-electron chi connectivity index (χ4n) is 2.96. The lowest BCUT2D eigenvalue weighted by Gasteiger charge is -2.36. The van der Waals surface area contributed by atoms with Crippen molar-refractivity contribution in [2.75, 3.05) is 26.3 Å². The molecule has 1 N–H and O–H groups in total. The molecule has 0 spiro atoms. The predicted molar refractivity (Wildman–Crippen MR) is 64.9 cm³/mol. The molecule has 1 atom stereocenters. The quantitative estimate of drug-likeness (QED) is 0.841. The van der Waals surface area contributed by atoms with Crippen LogP contribution in [0.3, 0.4) is 0 Å². The molecule has 0 radical (unpaired) electrons. The number of ether oxygens (including phenoxy) is 1. The van der Waals surface area contributed by atoms with Crippen LogP contribution in [-0.4, -0.2) is 54.5 Å². The number of rotatable bonds is 2. The minimum atomic E-state index is -4.14. The molecule has 0 aromatic rings. The highest BCUT2D eigenvalue weighted by atomic mass is 19.4. The second-order valence-electron chi connectivity index (χ2n) is 5.55. The molecule has 20 heavy (non-hydrogen) atoms. The summed E-state index contributed by atoms with van der Waals surface area (Å²) in [7, 11) is 0. The molecule has 1 aliphatic carbocycles. The van der Waals surface area contributed by atoms with Crippen molar-refractivity contribution in [3.63, 3.8) is 0 Å². The second-order valence-corrected chi connectivity index (χ2v) is 5.55. The van der Waals surface area contributed by atoms with E-state index < -0.39 is 12.1 Å². The molecule has 0 bridgehead atoms. The van der Waals surface area contributed by atoms with Crippen molar-refractivity contribution in [2.45, 2.75) is 38.0 Å². The van der Waals surface area contributed by atoms with Gasteiger partial charge in [-0.3, -0.25) is 4.79 Å². The van der Waals surface area contributed by atoms with E-state index in [1.165, 1.54) is 0 Å². The average molecular weight is 295 g/mol. The van der Waals surface area contributed by atoms with Crippen LogP contribution in [0.5, 0.6) is 0 Å². The summed E-state index contributed by atoms with van der Waals surface area (Å²) < 4.78 is 43.0. The number of aliphatic hydroxyl groups excluding tert-OH is 1. The lowest BCUT2D eigenvalue weighted by Crippen LogP contribution is -2.49. The van der Waals surface area contributed by atoms with Crippen molar-refractivity contribution in [1.82, 2.24) is 4.90 Å². The number of aliphatic hydroxyl groups is 1. The van der Waals surface area contributed by atoms with E-state index >= 15 is 0 Å². The first-order valence-corrected chi connectivity index (χ1v) is 6.99. The lowest BCUT2D eigenvalue weighted by molar-refractivity contribution is -0.186. The molecule has 4 nitrogen and oxygen atoms in total. The number of carbonyl (C=O) groups excluding carboxylic acids is 1. The molecule has 0 aromatic carbocycles. The first-order chi connectivity index (χ1) is 9.41. The van der Waals surface area contributed by atoms with Crippen LogP contribution in [0.2, 0.25) is 0 Å². The number of nitrogens with zero attached hydrogens (tertiary/aromatic N) is 1. The van der Waals surface area contributed by atoms with Crippen LogP contribution in [0.25, 0.3) is 0 Å². The number of carbonyl (C=O) groups is 1. The predicted octanol–water partition coefficient (Wildman–Crippen LogP) is 1.57. The third-order valence-electron chi connectivity index (χ3n) is 4.19. The Morgan fingerprint density at radius 3 is 2.45 bits per heavy atom. The van der Waals surface area contributed by atoms with Crippen LogP contribution >= 0.6 is 0 Å². The number of hydrogen-bond acceptors (Lipinski definition) is 3. The van der Waals surface area contributed by atoms with Crippen molar-refractivity contribution < 1.29 is 27.8 Å². The highest BCUT2D eigenvalue weighted by molar-refractivity contribution is 5.79.